The van der Waals surface area contributed by atoms with Gasteiger partial charge in [-0.05, 0) is 30.5 Å². The Morgan fingerprint density at radius 1 is 1.26 bits per heavy atom. The molecule has 0 aliphatic carbocycles. The molecule has 2 aromatic rings. The lowest BCUT2D eigenvalue weighted by Gasteiger charge is -2.05. The van der Waals surface area contributed by atoms with E-state index in [4.69, 9.17) is 0 Å². The number of aryl methyl sites for hydroxylation is 1. The van der Waals surface area contributed by atoms with Crippen molar-refractivity contribution in [2.75, 3.05) is 6.54 Å². The van der Waals surface area contributed by atoms with Gasteiger partial charge in [0.25, 0.3) is 0 Å². The Morgan fingerprint density at radius 2 is 2.05 bits per heavy atom. The van der Waals surface area contributed by atoms with Gasteiger partial charge in [-0.3, -0.25) is 0 Å². The summed E-state index contributed by atoms with van der Waals surface area (Å²) in [6, 6.07) is 8.37. The molecule has 1 N–H and O–H groups in total. The highest BCUT2D eigenvalue weighted by Gasteiger charge is 2.03. The van der Waals surface area contributed by atoms with Gasteiger partial charge in [-0.2, -0.15) is 5.10 Å². The Hall–Kier alpha value is -1.68. The molecule has 0 saturated heterocycles. The van der Waals surface area contributed by atoms with E-state index in [-0.39, 0.29) is 0 Å². The molecular weight excluding hydrogens is 236 g/mol. The van der Waals surface area contributed by atoms with E-state index in [9.17, 15) is 0 Å². The van der Waals surface area contributed by atoms with Crippen molar-refractivity contribution in [2.24, 2.45) is 5.92 Å². The average Bonchev–Trinajstić information content (AvgIpc) is 2.79. The minimum atomic E-state index is 0.647. The molecule has 2 rings (SSSR count). The zero-order valence-electron chi connectivity index (χ0n) is 11.9. The number of hydrogen-bond acceptors (Lipinski definition) is 3. The van der Waals surface area contributed by atoms with Crippen LogP contribution in [0.25, 0.3) is 0 Å². The van der Waals surface area contributed by atoms with Crippen LogP contribution < -0.4 is 5.32 Å². The van der Waals surface area contributed by atoms with Gasteiger partial charge in [0.1, 0.15) is 6.33 Å². The summed E-state index contributed by atoms with van der Waals surface area (Å²) in [5.74, 6) is 1.50. The molecule has 1 heterocycles. The fourth-order valence-electron chi connectivity index (χ4n) is 1.93. The van der Waals surface area contributed by atoms with Crippen LogP contribution in [0.4, 0.5) is 0 Å². The molecule has 4 heteroatoms. The molecule has 0 aliphatic rings. The fourth-order valence-corrected chi connectivity index (χ4v) is 1.93. The Kier molecular flexibility index (Phi) is 4.68. The highest BCUT2D eigenvalue weighted by molar-refractivity contribution is 5.25. The Labute approximate surface area is 114 Å². The van der Waals surface area contributed by atoms with Crippen LogP contribution in [0.3, 0.4) is 0 Å². The van der Waals surface area contributed by atoms with Crippen LogP contribution in [0.1, 0.15) is 30.8 Å². The highest BCUT2D eigenvalue weighted by atomic mass is 15.3. The monoisotopic (exact) mass is 258 g/mol. The van der Waals surface area contributed by atoms with Crippen LogP contribution >= 0.6 is 0 Å². The van der Waals surface area contributed by atoms with Crippen LogP contribution in [0.2, 0.25) is 0 Å². The number of nitrogens with one attached hydrogen (secondary N) is 1. The molecule has 1 aromatic carbocycles. The predicted molar refractivity (Wildman–Crippen MR) is 76.8 cm³/mol. The summed E-state index contributed by atoms with van der Waals surface area (Å²) in [5.41, 5.74) is 2.58. The lowest BCUT2D eigenvalue weighted by atomic mass is 10.1. The fraction of sp³-hybridized carbons (Fsp3) is 0.467. The van der Waals surface area contributed by atoms with Gasteiger partial charge in [0.2, 0.25) is 0 Å². The average molecular weight is 258 g/mol. The van der Waals surface area contributed by atoms with E-state index in [2.05, 4.69) is 60.4 Å². The molecule has 4 nitrogen and oxygen atoms in total. The maximum Gasteiger partial charge on any atom is 0.164 e. The van der Waals surface area contributed by atoms with Crippen molar-refractivity contribution < 1.29 is 0 Å². The van der Waals surface area contributed by atoms with Gasteiger partial charge in [-0.25, -0.2) is 9.67 Å². The van der Waals surface area contributed by atoms with Crippen molar-refractivity contribution in [1.82, 2.24) is 20.1 Å². The lowest BCUT2D eigenvalue weighted by Crippen LogP contribution is -2.19. The molecule has 0 spiro atoms. The van der Waals surface area contributed by atoms with Gasteiger partial charge in [-0.1, -0.05) is 38.1 Å². The third-order valence-corrected chi connectivity index (χ3v) is 3.01. The smallest absolute Gasteiger partial charge is 0.164 e. The van der Waals surface area contributed by atoms with E-state index in [1.165, 1.54) is 11.1 Å². The maximum atomic E-state index is 4.49. The maximum absolute atomic E-state index is 4.49. The largest absolute Gasteiger partial charge is 0.310 e. The van der Waals surface area contributed by atoms with Crippen molar-refractivity contribution in [3.63, 3.8) is 0 Å². The van der Waals surface area contributed by atoms with E-state index >= 15 is 0 Å². The summed E-state index contributed by atoms with van der Waals surface area (Å²) in [4.78, 5) is 4.33. The van der Waals surface area contributed by atoms with E-state index in [1.54, 1.807) is 6.33 Å². The quantitative estimate of drug-likeness (QED) is 0.865. The molecule has 19 heavy (non-hydrogen) atoms. The predicted octanol–water partition coefficient (Wildman–Crippen LogP) is 2.38. The second-order valence-electron chi connectivity index (χ2n) is 5.31. The first kappa shape index (κ1) is 13.7. The molecular formula is C15H22N4. The van der Waals surface area contributed by atoms with Gasteiger partial charge in [0.15, 0.2) is 5.82 Å². The van der Waals surface area contributed by atoms with Gasteiger partial charge in [0.05, 0.1) is 13.1 Å². The molecule has 0 atom stereocenters. The highest BCUT2D eigenvalue weighted by Crippen LogP contribution is 2.08. The molecule has 0 fully saturated rings. The molecule has 0 bridgehead atoms. The molecule has 0 unspecified atom stereocenters. The SMILES string of the molecule is Cc1ccccc1Cn1cnc(CNCC(C)C)n1. The van der Waals surface area contributed by atoms with Crippen LogP contribution in [-0.2, 0) is 13.1 Å². The van der Waals surface area contributed by atoms with Crippen LogP contribution in [-0.4, -0.2) is 21.3 Å². The van der Waals surface area contributed by atoms with Gasteiger partial charge in [-0.15, -0.1) is 0 Å². The van der Waals surface area contributed by atoms with Crippen LogP contribution in [0, 0.1) is 12.8 Å². The third kappa shape index (κ3) is 4.17. The van der Waals surface area contributed by atoms with E-state index < -0.39 is 0 Å². The number of hydrogen-bond donors (Lipinski definition) is 1. The minimum absolute atomic E-state index is 0.647. The standard InChI is InChI=1S/C15H22N4/c1-12(2)8-16-9-15-17-11-19(18-15)10-14-7-5-4-6-13(14)3/h4-7,11-12,16H,8-10H2,1-3H3. The van der Waals surface area contributed by atoms with E-state index in [0.29, 0.717) is 5.92 Å². The molecule has 0 radical (unpaired) electrons. The Morgan fingerprint density at radius 3 is 2.79 bits per heavy atom. The third-order valence-electron chi connectivity index (χ3n) is 3.01. The van der Waals surface area contributed by atoms with Gasteiger partial charge in [0, 0.05) is 0 Å². The van der Waals surface area contributed by atoms with Crippen molar-refractivity contribution >= 4 is 0 Å². The zero-order valence-corrected chi connectivity index (χ0v) is 11.9. The first-order chi connectivity index (χ1) is 9.15. The van der Waals surface area contributed by atoms with E-state index in [0.717, 1.165) is 25.5 Å². The van der Waals surface area contributed by atoms with Crippen LogP contribution in [0.15, 0.2) is 30.6 Å². The van der Waals surface area contributed by atoms with Crippen LogP contribution in [0.5, 0.6) is 0 Å². The molecule has 102 valence electrons. The molecule has 0 saturated carbocycles. The molecule has 1 aromatic heterocycles. The second-order valence-corrected chi connectivity index (χ2v) is 5.31. The summed E-state index contributed by atoms with van der Waals surface area (Å²) in [6.45, 7) is 9.01. The molecule has 0 aliphatic heterocycles. The van der Waals surface area contributed by atoms with E-state index in [1.807, 2.05) is 4.68 Å². The number of benzene rings is 1. The van der Waals surface area contributed by atoms with Crippen molar-refractivity contribution in [1.29, 1.82) is 0 Å². The normalized spacial score (nSPS) is 11.2. The first-order valence-corrected chi connectivity index (χ1v) is 6.78. The Bertz CT molecular complexity index is 516. The van der Waals surface area contributed by atoms with Gasteiger partial charge < -0.3 is 5.32 Å². The topological polar surface area (TPSA) is 42.7 Å². The van der Waals surface area contributed by atoms with Crippen molar-refractivity contribution in [3.8, 4) is 0 Å². The summed E-state index contributed by atoms with van der Waals surface area (Å²) in [5, 5.41) is 7.84. The lowest BCUT2D eigenvalue weighted by molar-refractivity contribution is 0.539. The zero-order chi connectivity index (χ0) is 13.7. The molecule has 0 amide bonds. The summed E-state index contributed by atoms with van der Waals surface area (Å²) < 4.78 is 1.90. The summed E-state index contributed by atoms with van der Waals surface area (Å²) in [6.07, 6.45) is 1.80. The summed E-state index contributed by atoms with van der Waals surface area (Å²) >= 11 is 0. The second kappa shape index (κ2) is 6.48. The van der Waals surface area contributed by atoms with Crippen molar-refractivity contribution in [2.45, 2.75) is 33.9 Å². The van der Waals surface area contributed by atoms with Gasteiger partial charge >= 0.3 is 0 Å². The number of nitrogens with zero attached hydrogens (tertiary/aromatic N) is 3. The number of rotatable bonds is 6. The minimum Gasteiger partial charge on any atom is -0.310 e. The van der Waals surface area contributed by atoms with Crippen molar-refractivity contribution in [3.05, 3.63) is 47.5 Å². The first-order valence-electron chi connectivity index (χ1n) is 6.78. The number of aromatic nitrogens is 3. The Balaban J connectivity index is 1.92. The summed E-state index contributed by atoms with van der Waals surface area (Å²) in [7, 11) is 0.